The molecule has 0 saturated carbocycles. The zero-order valence-corrected chi connectivity index (χ0v) is 14.9. The van der Waals surface area contributed by atoms with Crippen molar-refractivity contribution in [3.8, 4) is 0 Å². The van der Waals surface area contributed by atoms with Gasteiger partial charge in [-0.05, 0) is 12.8 Å². The number of halogens is 1. The van der Waals surface area contributed by atoms with Crippen LogP contribution in [-0.4, -0.2) is 37.9 Å². The van der Waals surface area contributed by atoms with Crippen LogP contribution in [0.2, 0.25) is 5.02 Å². The van der Waals surface area contributed by atoms with Crippen LogP contribution in [0, 0.1) is 5.92 Å². The topological polar surface area (TPSA) is 93.8 Å². The second-order valence-electron chi connectivity index (χ2n) is 5.77. The molecule has 0 aromatic carbocycles. The molecule has 0 unspecified atom stereocenters. The van der Waals surface area contributed by atoms with Gasteiger partial charge in [0.25, 0.3) is 11.8 Å². The molecule has 2 rings (SSSR count). The summed E-state index contributed by atoms with van der Waals surface area (Å²) in [6.45, 7) is 6.99. The molecule has 0 saturated heterocycles. The molecule has 24 heavy (non-hydrogen) atoms. The van der Waals surface area contributed by atoms with E-state index in [0.29, 0.717) is 24.7 Å². The van der Waals surface area contributed by atoms with E-state index in [1.54, 1.807) is 17.9 Å². The van der Waals surface area contributed by atoms with Crippen molar-refractivity contribution in [1.29, 1.82) is 0 Å². The van der Waals surface area contributed by atoms with Gasteiger partial charge in [-0.1, -0.05) is 25.4 Å². The van der Waals surface area contributed by atoms with Crippen molar-refractivity contribution >= 4 is 29.1 Å². The maximum Gasteiger partial charge on any atom is 0.275 e. The molecule has 0 atom stereocenters. The number of aromatic nitrogens is 4. The van der Waals surface area contributed by atoms with Crippen LogP contribution < -0.4 is 10.6 Å². The molecule has 2 heterocycles. The third kappa shape index (κ3) is 3.94. The Hall–Kier alpha value is -2.35. The fourth-order valence-corrected chi connectivity index (χ4v) is 2.32. The van der Waals surface area contributed by atoms with Crippen LogP contribution in [0.25, 0.3) is 0 Å². The Balaban J connectivity index is 2.24. The number of amides is 2. The molecule has 0 aliphatic heterocycles. The molecule has 8 nitrogen and oxygen atoms in total. The van der Waals surface area contributed by atoms with Gasteiger partial charge >= 0.3 is 0 Å². The first-order valence-corrected chi connectivity index (χ1v) is 8.05. The molecular formula is C15H21ClN6O2. The summed E-state index contributed by atoms with van der Waals surface area (Å²) >= 11 is 5.98. The van der Waals surface area contributed by atoms with E-state index in [4.69, 9.17) is 11.6 Å². The molecule has 0 aliphatic carbocycles. The van der Waals surface area contributed by atoms with E-state index in [9.17, 15) is 9.59 Å². The summed E-state index contributed by atoms with van der Waals surface area (Å²) in [4.78, 5) is 24.7. The Kier molecular flexibility index (Phi) is 5.61. The number of hydrogen-bond donors (Lipinski definition) is 2. The van der Waals surface area contributed by atoms with Gasteiger partial charge in [-0.2, -0.15) is 10.2 Å². The Bertz CT molecular complexity index is 730. The second kappa shape index (κ2) is 7.48. The molecule has 0 radical (unpaired) electrons. The normalized spacial score (nSPS) is 10.9. The lowest BCUT2D eigenvalue weighted by Gasteiger charge is -2.08. The molecule has 2 aromatic heterocycles. The van der Waals surface area contributed by atoms with Crippen molar-refractivity contribution in [2.75, 3.05) is 11.9 Å². The van der Waals surface area contributed by atoms with Gasteiger partial charge in [-0.15, -0.1) is 0 Å². The van der Waals surface area contributed by atoms with Crippen LogP contribution in [0.5, 0.6) is 0 Å². The zero-order valence-electron chi connectivity index (χ0n) is 14.1. The number of aryl methyl sites for hydroxylation is 2. The molecule has 2 amide bonds. The zero-order chi connectivity index (χ0) is 17.9. The van der Waals surface area contributed by atoms with Crippen LogP contribution in [0.15, 0.2) is 12.4 Å². The third-order valence-electron chi connectivity index (χ3n) is 3.33. The Morgan fingerprint density at radius 3 is 2.58 bits per heavy atom. The van der Waals surface area contributed by atoms with Crippen LogP contribution in [0.4, 0.5) is 5.69 Å². The van der Waals surface area contributed by atoms with Crippen molar-refractivity contribution in [3.05, 3.63) is 28.8 Å². The van der Waals surface area contributed by atoms with E-state index < -0.39 is 5.91 Å². The summed E-state index contributed by atoms with van der Waals surface area (Å²) < 4.78 is 2.96. The van der Waals surface area contributed by atoms with E-state index in [-0.39, 0.29) is 22.3 Å². The number of anilines is 1. The number of nitrogens with zero attached hydrogens (tertiary/aromatic N) is 4. The molecule has 0 bridgehead atoms. The highest BCUT2D eigenvalue weighted by Crippen LogP contribution is 2.19. The SMILES string of the molecule is CCn1cc(NC(=O)c2c(Cl)cnn2C)c(C(=O)NCC(C)C)n1. The van der Waals surface area contributed by atoms with Crippen molar-refractivity contribution in [2.24, 2.45) is 13.0 Å². The average molecular weight is 353 g/mol. The maximum absolute atomic E-state index is 12.4. The summed E-state index contributed by atoms with van der Waals surface area (Å²) in [7, 11) is 1.62. The lowest BCUT2D eigenvalue weighted by atomic mass is 10.2. The lowest BCUT2D eigenvalue weighted by molar-refractivity contribution is 0.0944. The highest BCUT2D eigenvalue weighted by Gasteiger charge is 2.22. The summed E-state index contributed by atoms with van der Waals surface area (Å²) in [5.74, 6) is -0.468. The number of rotatable bonds is 6. The van der Waals surface area contributed by atoms with E-state index in [1.807, 2.05) is 20.8 Å². The number of nitrogens with one attached hydrogen (secondary N) is 2. The molecule has 130 valence electrons. The Morgan fingerprint density at radius 1 is 1.33 bits per heavy atom. The highest BCUT2D eigenvalue weighted by molar-refractivity contribution is 6.34. The first-order valence-electron chi connectivity index (χ1n) is 7.68. The van der Waals surface area contributed by atoms with E-state index >= 15 is 0 Å². The first kappa shape index (κ1) is 18.0. The predicted molar refractivity (Wildman–Crippen MR) is 91.2 cm³/mol. The van der Waals surface area contributed by atoms with Crippen molar-refractivity contribution in [1.82, 2.24) is 24.9 Å². The van der Waals surface area contributed by atoms with E-state index in [0.717, 1.165) is 0 Å². The summed E-state index contributed by atoms with van der Waals surface area (Å²) in [5, 5.41) is 13.9. The van der Waals surface area contributed by atoms with Crippen LogP contribution >= 0.6 is 11.6 Å². The third-order valence-corrected chi connectivity index (χ3v) is 3.61. The summed E-state index contributed by atoms with van der Waals surface area (Å²) in [6, 6.07) is 0. The van der Waals surface area contributed by atoms with Gasteiger partial charge in [0.05, 0.1) is 16.9 Å². The molecular weight excluding hydrogens is 332 g/mol. The van der Waals surface area contributed by atoms with Gasteiger partial charge in [-0.3, -0.25) is 19.0 Å². The fourth-order valence-electron chi connectivity index (χ4n) is 2.07. The minimum Gasteiger partial charge on any atom is -0.350 e. The summed E-state index contributed by atoms with van der Waals surface area (Å²) in [5.41, 5.74) is 0.721. The number of carbonyl (C=O) groups is 2. The Labute approximate surface area is 145 Å². The van der Waals surface area contributed by atoms with Crippen molar-refractivity contribution in [3.63, 3.8) is 0 Å². The van der Waals surface area contributed by atoms with Gasteiger partial charge in [0, 0.05) is 26.3 Å². The van der Waals surface area contributed by atoms with Gasteiger partial charge in [0.2, 0.25) is 0 Å². The summed E-state index contributed by atoms with van der Waals surface area (Å²) in [6.07, 6.45) is 3.01. The van der Waals surface area contributed by atoms with E-state index in [2.05, 4.69) is 20.8 Å². The van der Waals surface area contributed by atoms with Gasteiger partial charge in [-0.25, -0.2) is 0 Å². The average Bonchev–Trinajstić information content (AvgIpc) is 3.08. The molecule has 0 spiro atoms. The molecule has 2 aromatic rings. The van der Waals surface area contributed by atoms with Gasteiger partial charge in [0.1, 0.15) is 5.69 Å². The van der Waals surface area contributed by atoms with Gasteiger partial charge < -0.3 is 10.6 Å². The lowest BCUT2D eigenvalue weighted by Crippen LogP contribution is -2.29. The minimum absolute atomic E-state index is 0.171. The maximum atomic E-state index is 12.4. The van der Waals surface area contributed by atoms with Crippen LogP contribution in [0.3, 0.4) is 0 Å². The molecule has 0 fully saturated rings. The second-order valence-corrected chi connectivity index (χ2v) is 6.18. The van der Waals surface area contributed by atoms with Crippen LogP contribution in [0.1, 0.15) is 41.7 Å². The Morgan fingerprint density at radius 2 is 2.04 bits per heavy atom. The quantitative estimate of drug-likeness (QED) is 0.830. The first-order chi connectivity index (χ1) is 11.3. The monoisotopic (exact) mass is 352 g/mol. The number of carbonyl (C=O) groups excluding carboxylic acids is 2. The number of hydrogen-bond acceptors (Lipinski definition) is 4. The van der Waals surface area contributed by atoms with Crippen LogP contribution in [-0.2, 0) is 13.6 Å². The van der Waals surface area contributed by atoms with Crippen molar-refractivity contribution < 1.29 is 9.59 Å². The largest absolute Gasteiger partial charge is 0.350 e. The smallest absolute Gasteiger partial charge is 0.275 e. The van der Waals surface area contributed by atoms with E-state index in [1.165, 1.54) is 10.9 Å². The fraction of sp³-hybridized carbons (Fsp3) is 0.467. The molecule has 0 aliphatic rings. The van der Waals surface area contributed by atoms with Crippen molar-refractivity contribution in [2.45, 2.75) is 27.3 Å². The molecule has 2 N–H and O–H groups in total. The van der Waals surface area contributed by atoms with Gasteiger partial charge in [0.15, 0.2) is 5.69 Å². The highest BCUT2D eigenvalue weighted by atomic mass is 35.5. The molecule has 9 heteroatoms. The minimum atomic E-state index is -0.450. The predicted octanol–water partition coefficient (Wildman–Crippen LogP) is 1.93. The standard InChI is InChI=1S/C15H21ClN6O2/c1-5-22-8-11(12(20-22)14(23)17-6-9(2)3)19-15(24)13-10(16)7-18-21(13)4/h7-9H,5-6H2,1-4H3,(H,17,23)(H,19,24).